The second kappa shape index (κ2) is 6.60. The summed E-state index contributed by atoms with van der Waals surface area (Å²) in [5.41, 5.74) is 0.0949. The molecule has 2 rings (SSSR count). The first-order valence-electron chi connectivity index (χ1n) is 7.27. The Morgan fingerprint density at radius 1 is 1.09 bits per heavy atom. The van der Waals surface area contributed by atoms with Crippen LogP contribution in [0.5, 0.6) is 0 Å². The van der Waals surface area contributed by atoms with E-state index in [1.165, 1.54) is 0 Å². The van der Waals surface area contributed by atoms with E-state index in [2.05, 4.69) is 5.32 Å². The summed E-state index contributed by atoms with van der Waals surface area (Å²) in [6.07, 6.45) is 2.43. The molecular weight excluding hydrogens is 286 g/mol. The molecule has 6 heteroatoms. The standard InChI is InChI=1S/C16H19NO5/c18-13(19)10-12(14(20)21)17-15(22)16(8-4-5-9-16)11-6-2-1-3-7-11/h1-3,6-7,12H,4-5,8-10H2,(H,17,22)(H,18,19)(H,20,21)/t12-/m0/s1. The van der Waals surface area contributed by atoms with Crippen LogP contribution in [-0.2, 0) is 19.8 Å². The highest BCUT2D eigenvalue weighted by atomic mass is 16.4. The number of amides is 1. The summed E-state index contributed by atoms with van der Waals surface area (Å²) in [6.45, 7) is 0. The molecule has 0 unspecified atom stereocenters. The van der Waals surface area contributed by atoms with Crippen LogP contribution in [0.4, 0.5) is 0 Å². The minimum Gasteiger partial charge on any atom is -0.481 e. The summed E-state index contributed by atoms with van der Waals surface area (Å²) in [7, 11) is 0. The third-order valence-electron chi connectivity index (χ3n) is 4.20. The molecule has 0 spiro atoms. The van der Waals surface area contributed by atoms with E-state index in [-0.39, 0.29) is 0 Å². The first-order valence-corrected chi connectivity index (χ1v) is 7.27. The molecule has 1 atom stereocenters. The lowest BCUT2D eigenvalue weighted by atomic mass is 9.78. The fraction of sp³-hybridized carbons (Fsp3) is 0.438. The number of carboxylic acids is 2. The van der Waals surface area contributed by atoms with Gasteiger partial charge in [0.15, 0.2) is 0 Å². The van der Waals surface area contributed by atoms with Gasteiger partial charge in [0.2, 0.25) is 5.91 Å². The molecule has 0 radical (unpaired) electrons. The molecule has 1 saturated carbocycles. The number of carbonyl (C=O) groups excluding carboxylic acids is 1. The Hall–Kier alpha value is -2.37. The van der Waals surface area contributed by atoms with Gasteiger partial charge in [0.25, 0.3) is 0 Å². The summed E-state index contributed by atoms with van der Waals surface area (Å²) in [5, 5.41) is 20.3. The van der Waals surface area contributed by atoms with Gasteiger partial charge in [0, 0.05) is 0 Å². The van der Waals surface area contributed by atoms with E-state index in [0.717, 1.165) is 18.4 Å². The minimum absolute atomic E-state index is 0.398. The average Bonchev–Trinajstić information content (AvgIpc) is 2.97. The third-order valence-corrected chi connectivity index (χ3v) is 4.20. The predicted octanol–water partition coefficient (Wildman–Crippen LogP) is 1.54. The molecule has 0 bridgehead atoms. The lowest BCUT2D eigenvalue weighted by Gasteiger charge is -2.29. The quantitative estimate of drug-likeness (QED) is 0.739. The number of hydrogen-bond acceptors (Lipinski definition) is 3. The Morgan fingerprint density at radius 3 is 2.18 bits per heavy atom. The second-order valence-corrected chi connectivity index (χ2v) is 5.62. The number of carbonyl (C=O) groups is 3. The van der Waals surface area contributed by atoms with Crippen LogP contribution < -0.4 is 5.32 Å². The van der Waals surface area contributed by atoms with Crippen molar-refractivity contribution < 1.29 is 24.6 Å². The topological polar surface area (TPSA) is 104 Å². The maximum Gasteiger partial charge on any atom is 0.326 e. The molecule has 1 aliphatic rings. The lowest BCUT2D eigenvalue weighted by molar-refractivity contribution is -0.147. The van der Waals surface area contributed by atoms with Crippen LogP contribution in [-0.4, -0.2) is 34.1 Å². The highest BCUT2D eigenvalue weighted by molar-refractivity contribution is 5.93. The zero-order valence-corrected chi connectivity index (χ0v) is 12.1. The van der Waals surface area contributed by atoms with Crippen LogP contribution in [0.1, 0.15) is 37.7 Å². The Bertz CT molecular complexity index is 563. The van der Waals surface area contributed by atoms with Gasteiger partial charge in [0.1, 0.15) is 6.04 Å². The predicted molar refractivity (Wildman–Crippen MR) is 78.4 cm³/mol. The van der Waals surface area contributed by atoms with Crippen molar-refractivity contribution in [2.45, 2.75) is 43.6 Å². The van der Waals surface area contributed by atoms with Crippen molar-refractivity contribution in [2.75, 3.05) is 0 Å². The van der Waals surface area contributed by atoms with Crippen LogP contribution in [0.25, 0.3) is 0 Å². The van der Waals surface area contributed by atoms with E-state index in [1.54, 1.807) is 0 Å². The van der Waals surface area contributed by atoms with Gasteiger partial charge in [0.05, 0.1) is 11.8 Å². The summed E-state index contributed by atoms with van der Waals surface area (Å²) < 4.78 is 0. The number of rotatable bonds is 6. The van der Waals surface area contributed by atoms with Crippen molar-refractivity contribution in [1.29, 1.82) is 0 Å². The van der Waals surface area contributed by atoms with Gasteiger partial charge in [-0.3, -0.25) is 9.59 Å². The Morgan fingerprint density at radius 2 is 1.68 bits per heavy atom. The molecule has 0 aliphatic heterocycles. The number of hydrogen-bond donors (Lipinski definition) is 3. The Labute approximate surface area is 128 Å². The van der Waals surface area contributed by atoms with E-state index < -0.39 is 35.7 Å². The number of aliphatic carboxylic acids is 2. The average molecular weight is 305 g/mol. The molecule has 1 amide bonds. The fourth-order valence-electron chi connectivity index (χ4n) is 3.05. The van der Waals surface area contributed by atoms with Gasteiger partial charge in [-0.15, -0.1) is 0 Å². The molecule has 22 heavy (non-hydrogen) atoms. The van der Waals surface area contributed by atoms with Crippen LogP contribution in [0, 0.1) is 0 Å². The third kappa shape index (κ3) is 3.27. The van der Waals surface area contributed by atoms with Crippen LogP contribution in [0.3, 0.4) is 0 Å². The molecule has 1 fully saturated rings. The van der Waals surface area contributed by atoms with Crippen molar-refractivity contribution in [1.82, 2.24) is 5.32 Å². The van der Waals surface area contributed by atoms with E-state index in [9.17, 15) is 14.4 Å². The molecule has 1 aliphatic carbocycles. The molecule has 1 aromatic carbocycles. The summed E-state index contributed by atoms with van der Waals surface area (Å²) in [5.74, 6) is -2.99. The number of carboxylic acid groups (broad SMARTS) is 2. The van der Waals surface area contributed by atoms with E-state index in [0.29, 0.717) is 12.8 Å². The van der Waals surface area contributed by atoms with Crippen molar-refractivity contribution in [3.63, 3.8) is 0 Å². The maximum absolute atomic E-state index is 12.7. The normalized spacial score (nSPS) is 17.6. The zero-order chi connectivity index (χ0) is 16.2. The van der Waals surface area contributed by atoms with Gasteiger partial charge < -0.3 is 15.5 Å². The van der Waals surface area contributed by atoms with Crippen molar-refractivity contribution in [3.8, 4) is 0 Å². The van der Waals surface area contributed by atoms with Crippen LogP contribution in [0.2, 0.25) is 0 Å². The summed E-state index contributed by atoms with van der Waals surface area (Å²) in [4.78, 5) is 34.6. The van der Waals surface area contributed by atoms with Crippen LogP contribution in [0.15, 0.2) is 30.3 Å². The van der Waals surface area contributed by atoms with Crippen molar-refractivity contribution in [2.24, 2.45) is 0 Å². The van der Waals surface area contributed by atoms with E-state index in [4.69, 9.17) is 10.2 Å². The molecular formula is C16H19NO5. The van der Waals surface area contributed by atoms with Gasteiger partial charge in [-0.25, -0.2) is 4.79 Å². The van der Waals surface area contributed by atoms with Gasteiger partial charge in [-0.1, -0.05) is 43.2 Å². The molecule has 6 nitrogen and oxygen atoms in total. The first-order chi connectivity index (χ1) is 10.5. The summed E-state index contributed by atoms with van der Waals surface area (Å²) >= 11 is 0. The molecule has 0 heterocycles. The molecule has 0 saturated heterocycles. The van der Waals surface area contributed by atoms with E-state index in [1.807, 2.05) is 30.3 Å². The monoisotopic (exact) mass is 305 g/mol. The highest BCUT2D eigenvalue weighted by Crippen LogP contribution is 2.41. The lowest BCUT2D eigenvalue weighted by Crippen LogP contribution is -2.50. The SMILES string of the molecule is O=C(O)C[C@H](NC(=O)C1(c2ccccc2)CCCC1)C(=O)O. The van der Waals surface area contributed by atoms with Gasteiger partial charge >= 0.3 is 11.9 Å². The highest BCUT2D eigenvalue weighted by Gasteiger charge is 2.43. The van der Waals surface area contributed by atoms with Gasteiger partial charge in [-0.2, -0.15) is 0 Å². The Kier molecular flexibility index (Phi) is 4.80. The number of benzene rings is 1. The molecule has 118 valence electrons. The van der Waals surface area contributed by atoms with Crippen molar-refractivity contribution in [3.05, 3.63) is 35.9 Å². The first kappa shape index (κ1) is 16.0. The fourth-order valence-corrected chi connectivity index (χ4v) is 3.05. The smallest absolute Gasteiger partial charge is 0.326 e. The summed E-state index contributed by atoms with van der Waals surface area (Å²) in [6, 6.07) is 7.85. The Balaban J connectivity index is 2.24. The number of nitrogens with one attached hydrogen (secondary N) is 1. The molecule has 0 aromatic heterocycles. The zero-order valence-electron chi connectivity index (χ0n) is 12.1. The minimum atomic E-state index is -1.41. The van der Waals surface area contributed by atoms with Crippen molar-refractivity contribution >= 4 is 17.8 Å². The second-order valence-electron chi connectivity index (χ2n) is 5.62. The molecule has 3 N–H and O–H groups in total. The maximum atomic E-state index is 12.7. The van der Waals surface area contributed by atoms with Gasteiger partial charge in [-0.05, 0) is 18.4 Å². The van der Waals surface area contributed by atoms with Crippen LogP contribution >= 0.6 is 0 Å². The largest absolute Gasteiger partial charge is 0.481 e. The molecule has 1 aromatic rings. The van der Waals surface area contributed by atoms with E-state index >= 15 is 0 Å².